The highest BCUT2D eigenvalue weighted by molar-refractivity contribution is 7.81. The van der Waals surface area contributed by atoms with Gasteiger partial charge in [0.25, 0.3) is 5.91 Å². The van der Waals surface area contributed by atoms with Crippen molar-refractivity contribution in [3.8, 4) is 11.1 Å². The van der Waals surface area contributed by atoms with Gasteiger partial charge in [0.2, 0.25) is 0 Å². The van der Waals surface area contributed by atoms with E-state index in [9.17, 15) is 13.6 Å². The van der Waals surface area contributed by atoms with Crippen molar-refractivity contribution in [3.63, 3.8) is 0 Å². The summed E-state index contributed by atoms with van der Waals surface area (Å²) in [5.41, 5.74) is -0.600. The lowest BCUT2D eigenvalue weighted by atomic mass is 10.00. The second-order valence-electron chi connectivity index (χ2n) is 11.3. The van der Waals surface area contributed by atoms with Crippen LogP contribution in [0.4, 0.5) is 24.5 Å². The Kier molecular flexibility index (Phi) is 8.76. The van der Waals surface area contributed by atoms with Crippen molar-refractivity contribution < 1.29 is 36.2 Å². The number of benzene rings is 3. The summed E-state index contributed by atoms with van der Waals surface area (Å²) in [5, 5.41) is 6.81. The van der Waals surface area contributed by atoms with Crippen molar-refractivity contribution in [2.75, 3.05) is 18.0 Å². The fraction of sp³-hybridized carbons (Fsp3) is 0.310. The van der Waals surface area contributed by atoms with Crippen LogP contribution in [0.25, 0.3) is 22.0 Å². The summed E-state index contributed by atoms with van der Waals surface area (Å²) in [6.45, 7) is 7.08. The highest BCUT2D eigenvalue weighted by Crippen LogP contribution is 2.41. The van der Waals surface area contributed by atoms with Crippen molar-refractivity contribution in [2.24, 2.45) is 0 Å². The lowest BCUT2D eigenvalue weighted by Gasteiger charge is -2.29. The van der Waals surface area contributed by atoms with Crippen LogP contribution in [0.1, 0.15) is 21.6 Å². The van der Waals surface area contributed by atoms with E-state index < -0.39 is 59.5 Å². The van der Waals surface area contributed by atoms with E-state index in [-0.39, 0.29) is 42.2 Å². The van der Waals surface area contributed by atoms with E-state index in [4.69, 9.17) is 9.47 Å². The maximum Gasteiger partial charge on any atom is 0.272 e. The number of nitrogens with one attached hydrogen (secondary N) is 1. The summed E-state index contributed by atoms with van der Waals surface area (Å²) in [4.78, 5) is 12.5. The molecule has 0 aliphatic carbocycles. The number of fused-ring (bicyclic) bond motifs is 2. The number of carbonyl (C=O) groups is 1. The first-order valence-electron chi connectivity index (χ1n) is 13.5. The molecule has 228 valence electrons. The molecule has 0 radical (unpaired) electrons. The number of carbonyl (C=O) groups excluding carboxylic acids is 1. The molecule has 4 aromatic rings. The normalized spacial score (nSPS) is 13.8. The van der Waals surface area contributed by atoms with E-state index in [0.29, 0.717) is 16.5 Å². The summed E-state index contributed by atoms with van der Waals surface area (Å²) >= 11 is -3.03. The van der Waals surface area contributed by atoms with E-state index in [2.05, 4.69) is 30.1 Å². The van der Waals surface area contributed by atoms with Crippen LogP contribution in [0, 0.1) is 17.5 Å². The Balaban J connectivity index is 1.64. The molecule has 2 heterocycles. The fourth-order valence-corrected chi connectivity index (χ4v) is 6.34. The third-order valence-electron chi connectivity index (χ3n) is 7.18. The molecule has 1 unspecified atom stereocenters. The maximum atomic E-state index is 16.3. The summed E-state index contributed by atoms with van der Waals surface area (Å²) in [6.07, 6.45) is 0. The number of ether oxygens (including phenoxy) is 2. The lowest BCUT2D eigenvalue weighted by Crippen LogP contribution is -2.22. The SMILES string of the molecule is CNC(=O)c1nn(COCC[Si](C)(C)C)c2c(F)c(-c3c(F)ccc(N(c4cccc5c4COC5)S(=O)[O-])c3F)ccc12. The molecule has 1 aliphatic heterocycles. The number of amides is 1. The Hall–Kier alpha value is -3.56. The van der Waals surface area contributed by atoms with Gasteiger partial charge in [-0.05, 0) is 35.9 Å². The molecule has 1 amide bonds. The van der Waals surface area contributed by atoms with Crippen molar-refractivity contribution in [1.82, 2.24) is 15.1 Å². The van der Waals surface area contributed by atoms with Gasteiger partial charge in [0.15, 0.2) is 17.3 Å². The zero-order valence-electron chi connectivity index (χ0n) is 24.0. The van der Waals surface area contributed by atoms with Crippen molar-refractivity contribution in [1.29, 1.82) is 0 Å². The molecule has 0 saturated heterocycles. The lowest BCUT2D eigenvalue weighted by molar-refractivity contribution is 0.0802. The molecule has 1 N–H and O–H groups in total. The van der Waals surface area contributed by atoms with Gasteiger partial charge < -0.3 is 19.3 Å². The molecular weight excluding hydrogens is 601 g/mol. The van der Waals surface area contributed by atoms with Crippen LogP contribution in [-0.4, -0.2) is 46.2 Å². The fourth-order valence-electron chi connectivity index (χ4n) is 4.95. The molecule has 0 saturated carbocycles. The van der Waals surface area contributed by atoms with Crippen LogP contribution in [0.15, 0.2) is 42.5 Å². The summed E-state index contributed by atoms with van der Waals surface area (Å²) in [7, 11) is -0.0272. The zero-order chi connectivity index (χ0) is 31.1. The number of aromatic nitrogens is 2. The topological polar surface area (TPSA) is 109 Å². The highest BCUT2D eigenvalue weighted by atomic mass is 32.2. The van der Waals surface area contributed by atoms with E-state index in [0.717, 1.165) is 34.5 Å². The molecule has 43 heavy (non-hydrogen) atoms. The van der Waals surface area contributed by atoms with Gasteiger partial charge in [-0.15, -0.1) is 0 Å². The van der Waals surface area contributed by atoms with E-state index in [1.54, 1.807) is 12.1 Å². The Morgan fingerprint density at radius 2 is 1.88 bits per heavy atom. The number of rotatable bonds is 10. The molecule has 14 heteroatoms. The standard InChI is InChI=1S/C29H31F3N4O5SSi/c1-33-29(37)27-19-9-8-18(25(31)28(19)35(34-27)16-40-12-13-43(2,3)4)24-21(30)10-11-23(26(24)32)36(42(38)39)22-7-5-6-17-14-41-15-20(17)22/h5-11H,12-16H2,1-4H3,(H,33,37)(H,38,39)/p-1. The first kappa shape index (κ1) is 30.9. The number of hydrogen-bond donors (Lipinski definition) is 1. The first-order chi connectivity index (χ1) is 20.4. The minimum absolute atomic E-state index is 0.0838. The van der Waals surface area contributed by atoms with Crippen molar-refractivity contribution in [3.05, 3.63) is 76.7 Å². The Morgan fingerprint density at radius 3 is 2.58 bits per heavy atom. The van der Waals surface area contributed by atoms with Crippen LogP contribution < -0.4 is 9.62 Å². The predicted octanol–water partition coefficient (Wildman–Crippen LogP) is 5.75. The molecule has 0 fully saturated rings. The number of anilines is 2. The Labute approximate surface area is 250 Å². The minimum Gasteiger partial charge on any atom is -0.755 e. The highest BCUT2D eigenvalue weighted by Gasteiger charge is 2.29. The summed E-state index contributed by atoms with van der Waals surface area (Å²) < 4.78 is 85.8. The maximum absolute atomic E-state index is 16.3. The van der Waals surface area contributed by atoms with Gasteiger partial charge in [-0.2, -0.15) is 5.10 Å². The van der Waals surface area contributed by atoms with Crippen molar-refractivity contribution in [2.45, 2.75) is 45.6 Å². The smallest absolute Gasteiger partial charge is 0.272 e. The third kappa shape index (κ3) is 5.97. The monoisotopic (exact) mass is 631 g/mol. The quantitative estimate of drug-likeness (QED) is 0.136. The molecule has 1 aliphatic rings. The second kappa shape index (κ2) is 12.2. The number of hydrogen-bond acceptors (Lipinski definition) is 6. The molecule has 9 nitrogen and oxygen atoms in total. The van der Waals surface area contributed by atoms with E-state index >= 15 is 13.2 Å². The molecule has 1 aromatic heterocycles. The summed E-state index contributed by atoms with van der Waals surface area (Å²) in [5.74, 6) is -4.03. The van der Waals surface area contributed by atoms with Gasteiger partial charge in [0.1, 0.15) is 18.1 Å². The van der Waals surface area contributed by atoms with E-state index in [1.165, 1.54) is 19.2 Å². The largest absolute Gasteiger partial charge is 0.755 e. The summed E-state index contributed by atoms with van der Waals surface area (Å²) in [6, 6.07) is 10.0. The molecule has 0 bridgehead atoms. The van der Waals surface area contributed by atoms with Gasteiger partial charge in [0.05, 0.1) is 41.4 Å². The number of halogens is 3. The molecular formula is C29H30F3N4O5SSi-. The van der Waals surface area contributed by atoms with Gasteiger partial charge in [-0.3, -0.25) is 13.3 Å². The predicted molar refractivity (Wildman–Crippen MR) is 159 cm³/mol. The Morgan fingerprint density at radius 1 is 1.12 bits per heavy atom. The second-order valence-corrected chi connectivity index (χ2v) is 17.7. The molecule has 3 aromatic carbocycles. The first-order valence-corrected chi connectivity index (χ1v) is 18.2. The van der Waals surface area contributed by atoms with Gasteiger partial charge in [-0.25, -0.2) is 17.9 Å². The van der Waals surface area contributed by atoms with Crippen LogP contribution in [0.5, 0.6) is 0 Å². The third-order valence-corrected chi connectivity index (χ3v) is 9.58. The average molecular weight is 632 g/mol. The van der Waals surface area contributed by atoms with Crippen LogP contribution in [-0.2, 0) is 40.7 Å². The minimum atomic E-state index is -3.03. The van der Waals surface area contributed by atoms with Crippen LogP contribution >= 0.6 is 0 Å². The van der Waals surface area contributed by atoms with Gasteiger partial charge in [-0.1, -0.05) is 37.8 Å². The molecule has 5 rings (SSSR count). The average Bonchev–Trinajstić information content (AvgIpc) is 3.58. The van der Waals surface area contributed by atoms with Crippen LogP contribution in [0.3, 0.4) is 0 Å². The van der Waals surface area contributed by atoms with Gasteiger partial charge >= 0.3 is 0 Å². The number of nitrogens with zero attached hydrogens (tertiary/aromatic N) is 3. The Bertz CT molecular complexity index is 1740. The van der Waals surface area contributed by atoms with Crippen molar-refractivity contribution >= 4 is 47.5 Å². The van der Waals surface area contributed by atoms with E-state index in [1.807, 2.05) is 0 Å². The van der Waals surface area contributed by atoms with Gasteiger partial charge in [0, 0.05) is 38.2 Å². The van der Waals surface area contributed by atoms with Crippen LogP contribution in [0.2, 0.25) is 25.7 Å². The zero-order valence-corrected chi connectivity index (χ0v) is 25.8. The molecule has 0 spiro atoms. The molecule has 1 atom stereocenters.